The topological polar surface area (TPSA) is 58.4 Å². The number of nitrogen functional groups attached to an aromatic ring is 1. The van der Waals surface area contributed by atoms with Gasteiger partial charge in [-0.15, -0.1) is 0 Å². The number of hydrogen-bond acceptors (Lipinski definition) is 3. The number of nitrogens with two attached hydrogens (primary N) is 1. The first-order valence-corrected chi connectivity index (χ1v) is 6.03. The molecule has 0 aromatic heterocycles. The molecule has 1 saturated heterocycles. The Bertz CT molecular complexity index is 397. The molecule has 0 saturated carbocycles. The third-order valence-corrected chi connectivity index (χ3v) is 3.38. The maximum absolute atomic E-state index is 12.2. The van der Waals surface area contributed by atoms with E-state index in [1.807, 2.05) is 24.1 Å². The number of hydrogen-bond donors (Lipinski definition) is 2. The van der Waals surface area contributed by atoms with Crippen LogP contribution in [0.2, 0.25) is 0 Å². The molecule has 4 nitrogen and oxygen atoms in total. The van der Waals surface area contributed by atoms with E-state index in [-0.39, 0.29) is 5.91 Å². The summed E-state index contributed by atoms with van der Waals surface area (Å²) in [6.07, 6.45) is 2.02. The molecular weight excluding hydrogens is 214 g/mol. The highest BCUT2D eigenvalue weighted by atomic mass is 16.2. The average molecular weight is 233 g/mol. The second-order valence-corrected chi connectivity index (χ2v) is 4.44. The molecule has 92 valence electrons. The quantitative estimate of drug-likeness (QED) is 0.752. The minimum Gasteiger partial charge on any atom is -0.398 e. The predicted molar refractivity (Wildman–Crippen MR) is 68.8 cm³/mol. The van der Waals surface area contributed by atoms with Crippen molar-refractivity contribution in [3.05, 3.63) is 29.8 Å². The fraction of sp³-hybridized carbons (Fsp3) is 0.462. The van der Waals surface area contributed by atoms with Gasteiger partial charge in [-0.2, -0.15) is 0 Å². The number of likely N-dealkylation sites (tertiary alicyclic amines) is 1. The molecule has 0 aliphatic carbocycles. The van der Waals surface area contributed by atoms with Crippen molar-refractivity contribution in [3.8, 4) is 0 Å². The van der Waals surface area contributed by atoms with Crippen LogP contribution < -0.4 is 11.1 Å². The summed E-state index contributed by atoms with van der Waals surface area (Å²) in [5.41, 5.74) is 7.01. The van der Waals surface area contributed by atoms with Gasteiger partial charge in [0.1, 0.15) is 0 Å². The van der Waals surface area contributed by atoms with Gasteiger partial charge in [-0.1, -0.05) is 12.1 Å². The molecule has 1 aromatic carbocycles. The molecule has 2 rings (SSSR count). The Morgan fingerprint density at radius 2 is 2.00 bits per heavy atom. The smallest absolute Gasteiger partial charge is 0.255 e. The molecule has 0 bridgehead atoms. The van der Waals surface area contributed by atoms with E-state index in [4.69, 9.17) is 5.73 Å². The first-order chi connectivity index (χ1) is 8.22. The molecule has 4 heteroatoms. The first-order valence-electron chi connectivity index (χ1n) is 6.03. The van der Waals surface area contributed by atoms with Crippen LogP contribution in [0.5, 0.6) is 0 Å². The number of para-hydroxylation sites is 1. The van der Waals surface area contributed by atoms with E-state index in [0.717, 1.165) is 25.9 Å². The van der Waals surface area contributed by atoms with Gasteiger partial charge in [0.15, 0.2) is 0 Å². The highest BCUT2D eigenvalue weighted by Crippen LogP contribution is 2.17. The average Bonchev–Trinajstić information content (AvgIpc) is 2.39. The highest BCUT2D eigenvalue weighted by molar-refractivity contribution is 5.99. The zero-order valence-corrected chi connectivity index (χ0v) is 10.1. The van der Waals surface area contributed by atoms with Crippen LogP contribution in [0.15, 0.2) is 24.3 Å². The Labute approximate surface area is 102 Å². The van der Waals surface area contributed by atoms with Crippen LogP contribution >= 0.6 is 0 Å². The molecule has 3 N–H and O–H groups in total. The summed E-state index contributed by atoms with van der Waals surface area (Å²) in [4.78, 5) is 14.1. The number of rotatable bonds is 2. The molecule has 1 aromatic rings. The van der Waals surface area contributed by atoms with Crippen molar-refractivity contribution in [2.24, 2.45) is 0 Å². The number of anilines is 1. The van der Waals surface area contributed by atoms with Crippen LogP contribution in [0, 0.1) is 0 Å². The van der Waals surface area contributed by atoms with Gasteiger partial charge in [0.2, 0.25) is 0 Å². The standard InChI is InChI=1S/C13H19N3O/c1-15-10-6-8-16(9-7-10)13(17)11-4-2-3-5-12(11)14/h2-5,10,15H,6-9,14H2,1H3. The fourth-order valence-corrected chi connectivity index (χ4v) is 2.23. The number of nitrogens with zero attached hydrogens (tertiary/aromatic N) is 1. The number of carbonyl (C=O) groups is 1. The van der Waals surface area contributed by atoms with Crippen molar-refractivity contribution in [3.63, 3.8) is 0 Å². The Hall–Kier alpha value is -1.55. The molecule has 1 heterocycles. The summed E-state index contributed by atoms with van der Waals surface area (Å²) in [5, 5.41) is 3.25. The second-order valence-electron chi connectivity index (χ2n) is 4.44. The van der Waals surface area contributed by atoms with E-state index in [0.29, 0.717) is 17.3 Å². The van der Waals surface area contributed by atoms with Crippen LogP contribution in [-0.2, 0) is 0 Å². The van der Waals surface area contributed by atoms with Crippen molar-refractivity contribution in [1.29, 1.82) is 0 Å². The monoisotopic (exact) mass is 233 g/mol. The van der Waals surface area contributed by atoms with Crippen LogP contribution in [-0.4, -0.2) is 37.0 Å². The van der Waals surface area contributed by atoms with Gasteiger partial charge in [0.05, 0.1) is 5.56 Å². The highest BCUT2D eigenvalue weighted by Gasteiger charge is 2.23. The first kappa shape index (κ1) is 11.9. The summed E-state index contributed by atoms with van der Waals surface area (Å²) in [6, 6.07) is 7.80. The van der Waals surface area contributed by atoms with E-state index in [2.05, 4.69) is 5.32 Å². The van der Waals surface area contributed by atoms with E-state index >= 15 is 0 Å². The van der Waals surface area contributed by atoms with Gasteiger partial charge in [-0.25, -0.2) is 0 Å². The number of nitrogens with one attached hydrogen (secondary N) is 1. The maximum atomic E-state index is 12.2. The largest absolute Gasteiger partial charge is 0.398 e. The minimum absolute atomic E-state index is 0.0534. The summed E-state index contributed by atoms with van der Waals surface area (Å²) in [5.74, 6) is 0.0534. The zero-order valence-electron chi connectivity index (χ0n) is 10.1. The lowest BCUT2D eigenvalue weighted by Crippen LogP contribution is -2.44. The molecular formula is C13H19N3O. The van der Waals surface area contributed by atoms with E-state index in [1.54, 1.807) is 12.1 Å². The number of amides is 1. The van der Waals surface area contributed by atoms with E-state index < -0.39 is 0 Å². The van der Waals surface area contributed by atoms with Crippen molar-refractivity contribution in [1.82, 2.24) is 10.2 Å². The summed E-state index contributed by atoms with van der Waals surface area (Å²) in [6.45, 7) is 1.61. The molecule has 1 fully saturated rings. The van der Waals surface area contributed by atoms with Crippen molar-refractivity contribution in [2.75, 3.05) is 25.9 Å². The van der Waals surface area contributed by atoms with Crippen LogP contribution in [0.4, 0.5) is 5.69 Å². The third kappa shape index (κ3) is 2.58. The molecule has 17 heavy (non-hydrogen) atoms. The Balaban J connectivity index is 2.04. The molecule has 0 spiro atoms. The number of piperidine rings is 1. The zero-order chi connectivity index (χ0) is 12.3. The van der Waals surface area contributed by atoms with E-state index in [9.17, 15) is 4.79 Å². The van der Waals surface area contributed by atoms with Gasteiger partial charge in [0.25, 0.3) is 5.91 Å². The van der Waals surface area contributed by atoms with Crippen LogP contribution in [0.25, 0.3) is 0 Å². The van der Waals surface area contributed by atoms with Crippen molar-refractivity contribution >= 4 is 11.6 Å². The third-order valence-electron chi connectivity index (χ3n) is 3.38. The molecule has 0 unspecified atom stereocenters. The SMILES string of the molecule is CNC1CCN(C(=O)c2ccccc2N)CC1. The summed E-state index contributed by atoms with van der Waals surface area (Å²) in [7, 11) is 1.97. The van der Waals surface area contributed by atoms with E-state index in [1.165, 1.54) is 0 Å². The molecule has 0 atom stereocenters. The molecule has 1 aliphatic heterocycles. The lowest BCUT2D eigenvalue weighted by Gasteiger charge is -2.32. The Morgan fingerprint density at radius 1 is 1.35 bits per heavy atom. The summed E-state index contributed by atoms with van der Waals surface area (Å²) >= 11 is 0. The molecule has 0 radical (unpaired) electrons. The summed E-state index contributed by atoms with van der Waals surface area (Å²) < 4.78 is 0. The molecule has 1 aliphatic rings. The lowest BCUT2D eigenvalue weighted by molar-refractivity contribution is 0.0708. The van der Waals surface area contributed by atoms with Crippen LogP contribution in [0.3, 0.4) is 0 Å². The predicted octanol–water partition coefficient (Wildman–Crippen LogP) is 1.09. The van der Waals surface area contributed by atoms with Crippen molar-refractivity contribution in [2.45, 2.75) is 18.9 Å². The van der Waals surface area contributed by atoms with Crippen LogP contribution in [0.1, 0.15) is 23.2 Å². The normalized spacial score (nSPS) is 17.1. The number of carbonyl (C=O) groups excluding carboxylic acids is 1. The van der Waals surface area contributed by atoms with Gasteiger partial charge in [-0.3, -0.25) is 4.79 Å². The van der Waals surface area contributed by atoms with Gasteiger partial charge < -0.3 is 16.0 Å². The number of benzene rings is 1. The Kier molecular flexibility index (Phi) is 3.64. The molecule has 1 amide bonds. The second kappa shape index (κ2) is 5.19. The van der Waals surface area contributed by atoms with Gasteiger partial charge >= 0.3 is 0 Å². The maximum Gasteiger partial charge on any atom is 0.255 e. The minimum atomic E-state index is 0.0534. The van der Waals surface area contributed by atoms with Gasteiger partial charge in [-0.05, 0) is 32.0 Å². The Morgan fingerprint density at radius 3 is 2.59 bits per heavy atom. The lowest BCUT2D eigenvalue weighted by atomic mass is 10.0. The van der Waals surface area contributed by atoms with Crippen molar-refractivity contribution < 1.29 is 4.79 Å². The van der Waals surface area contributed by atoms with Gasteiger partial charge in [0, 0.05) is 24.8 Å². The fourth-order valence-electron chi connectivity index (χ4n) is 2.23.